The van der Waals surface area contributed by atoms with E-state index >= 15 is 0 Å². The molecule has 1 unspecified atom stereocenters. The van der Waals surface area contributed by atoms with Gasteiger partial charge in [0.15, 0.2) is 0 Å². The summed E-state index contributed by atoms with van der Waals surface area (Å²) in [5.74, 6) is 0. The molecule has 0 aliphatic carbocycles. The van der Waals surface area contributed by atoms with E-state index in [0.29, 0.717) is 17.0 Å². The van der Waals surface area contributed by atoms with E-state index in [9.17, 15) is 10.1 Å². The molecule has 0 amide bonds. The maximum Gasteiger partial charge on any atom is 0.274 e. The first-order valence-corrected chi connectivity index (χ1v) is 6.23. The third kappa shape index (κ3) is 3.68. The molecule has 100 valence electrons. The van der Waals surface area contributed by atoms with Gasteiger partial charge in [0, 0.05) is 22.7 Å². The Morgan fingerprint density at radius 3 is 2.50 bits per heavy atom. The molecule has 1 aromatic rings. The van der Waals surface area contributed by atoms with Crippen LogP contribution in [0, 0.1) is 15.5 Å². The van der Waals surface area contributed by atoms with Crippen LogP contribution in [0.5, 0.6) is 0 Å². The molecule has 1 rings (SSSR count). The number of hydrogen-bond acceptors (Lipinski definition) is 3. The lowest BCUT2D eigenvalue weighted by Gasteiger charge is -2.30. The molecule has 0 fully saturated rings. The smallest absolute Gasteiger partial charge is 0.274 e. The van der Waals surface area contributed by atoms with Gasteiger partial charge >= 0.3 is 0 Å². The van der Waals surface area contributed by atoms with Crippen molar-refractivity contribution in [3.8, 4) is 0 Å². The minimum absolute atomic E-state index is 0.0300. The quantitative estimate of drug-likeness (QED) is 0.674. The maximum absolute atomic E-state index is 11.0. The van der Waals surface area contributed by atoms with Crippen LogP contribution in [0.3, 0.4) is 0 Å². The lowest BCUT2D eigenvalue weighted by molar-refractivity contribution is -0.385. The highest BCUT2D eigenvalue weighted by molar-refractivity contribution is 6.30. The number of hydrogen-bond donors (Lipinski definition) is 1. The van der Waals surface area contributed by atoms with E-state index in [1.807, 2.05) is 7.05 Å². The molecule has 0 aliphatic rings. The van der Waals surface area contributed by atoms with Gasteiger partial charge in [-0.25, -0.2) is 0 Å². The SMILES string of the molecule is CNC(Cc1ccc(Cl)cc1[N+](=O)[O-])C(C)(C)C. The van der Waals surface area contributed by atoms with E-state index < -0.39 is 0 Å². The summed E-state index contributed by atoms with van der Waals surface area (Å²) in [5.41, 5.74) is 0.827. The third-order valence-electron chi connectivity index (χ3n) is 3.06. The van der Waals surface area contributed by atoms with Crippen LogP contribution in [-0.2, 0) is 6.42 Å². The van der Waals surface area contributed by atoms with Gasteiger partial charge in [-0.05, 0) is 24.9 Å². The fourth-order valence-electron chi connectivity index (χ4n) is 1.94. The van der Waals surface area contributed by atoms with Gasteiger partial charge in [-0.3, -0.25) is 10.1 Å². The molecule has 18 heavy (non-hydrogen) atoms. The van der Waals surface area contributed by atoms with Crippen LogP contribution in [0.2, 0.25) is 5.02 Å². The minimum Gasteiger partial charge on any atom is -0.316 e. The Balaban J connectivity index is 3.07. The Bertz CT molecular complexity index is 441. The van der Waals surface area contributed by atoms with Crippen molar-refractivity contribution in [2.45, 2.75) is 33.2 Å². The predicted molar refractivity (Wildman–Crippen MR) is 74.1 cm³/mol. The van der Waals surface area contributed by atoms with Gasteiger partial charge < -0.3 is 5.32 Å². The van der Waals surface area contributed by atoms with Crippen LogP contribution in [0.1, 0.15) is 26.3 Å². The fraction of sp³-hybridized carbons (Fsp3) is 0.538. The molecule has 0 heterocycles. The Morgan fingerprint density at radius 1 is 1.44 bits per heavy atom. The van der Waals surface area contributed by atoms with Gasteiger partial charge in [0.05, 0.1) is 4.92 Å². The largest absolute Gasteiger partial charge is 0.316 e. The highest BCUT2D eigenvalue weighted by atomic mass is 35.5. The van der Waals surface area contributed by atoms with Gasteiger partial charge in [-0.15, -0.1) is 0 Å². The molecule has 0 radical (unpaired) electrons. The summed E-state index contributed by atoms with van der Waals surface area (Å²) in [6, 6.07) is 5.00. The zero-order valence-electron chi connectivity index (χ0n) is 11.2. The van der Waals surface area contributed by atoms with E-state index in [2.05, 4.69) is 26.1 Å². The van der Waals surface area contributed by atoms with Gasteiger partial charge in [-0.1, -0.05) is 38.4 Å². The molecule has 0 bridgehead atoms. The number of likely N-dealkylation sites (N-methyl/N-ethyl adjacent to an activating group) is 1. The Hall–Kier alpha value is -1.13. The third-order valence-corrected chi connectivity index (χ3v) is 3.30. The van der Waals surface area contributed by atoms with Gasteiger partial charge in [0.25, 0.3) is 5.69 Å². The van der Waals surface area contributed by atoms with Gasteiger partial charge in [0.1, 0.15) is 0 Å². The summed E-state index contributed by atoms with van der Waals surface area (Å²) in [4.78, 5) is 10.6. The lowest BCUT2D eigenvalue weighted by Crippen LogP contribution is -2.39. The van der Waals surface area contributed by atoms with Crippen LogP contribution in [0.15, 0.2) is 18.2 Å². The molecule has 0 saturated heterocycles. The van der Waals surface area contributed by atoms with Crippen molar-refractivity contribution in [2.75, 3.05) is 7.05 Å². The van der Waals surface area contributed by atoms with Gasteiger partial charge in [-0.2, -0.15) is 0 Å². The molecule has 0 aliphatic heterocycles. The van der Waals surface area contributed by atoms with Crippen molar-refractivity contribution in [3.63, 3.8) is 0 Å². The first-order valence-electron chi connectivity index (χ1n) is 5.85. The van der Waals surface area contributed by atoms with E-state index in [1.54, 1.807) is 12.1 Å². The van der Waals surface area contributed by atoms with E-state index in [1.165, 1.54) is 6.07 Å². The summed E-state index contributed by atoms with van der Waals surface area (Å²) in [6.45, 7) is 6.32. The highest BCUT2D eigenvalue weighted by Gasteiger charge is 2.26. The molecular weight excluding hydrogens is 252 g/mol. The summed E-state index contributed by atoms with van der Waals surface area (Å²) in [5, 5.41) is 14.6. The molecule has 1 N–H and O–H groups in total. The number of halogens is 1. The zero-order chi connectivity index (χ0) is 13.9. The lowest BCUT2D eigenvalue weighted by atomic mass is 9.83. The molecule has 4 nitrogen and oxygen atoms in total. The second-order valence-electron chi connectivity index (χ2n) is 5.44. The second kappa shape index (κ2) is 5.67. The number of rotatable bonds is 4. The molecule has 1 aromatic carbocycles. The normalized spacial score (nSPS) is 13.4. The average Bonchev–Trinajstić information content (AvgIpc) is 2.25. The molecule has 0 aromatic heterocycles. The zero-order valence-corrected chi connectivity index (χ0v) is 11.9. The second-order valence-corrected chi connectivity index (χ2v) is 5.88. The maximum atomic E-state index is 11.0. The molecule has 0 spiro atoms. The van der Waals surface area contributed by atoms with Crippen molar-refractivity contribution in [1.82, 2.24) is 5.32 Å². The monoisotopic (exact) mass is 270 g/mol. The number of nitrogens with zero attached hydrogens (tertiary/aromatic N) is 1. The number of nitro benzene ring substituents is 1. The Morgan fingerprint density at radius 2 is 2.06 bits per heavy atom. The van der Waals surface area contributed by atoms with Crippen molar-refractivity contribution in [1.29, 1.82) is 0 Å². The topological polar surface area (TPSA) is 55.2 Å². The van der Waals surface area contributed by atoms with E-state index in [4.69, 9.17) is 11.6 Å². The van der Waals surface area contributed by atoms with Crippen LogP contribution in [0.4, 0.5) is 5.69 Å². The summed E-state index contributed by atoms with van der Waals surface area (Å²) in [6.07, 6.45) is 0.605. The summed E-state index contributed by atoms with van der Waals surface area (Å²) >= 11 is 5.80. The molecule has 5 heteroatoms. The Labute approximate surface area is 112 Å². The predicted octanol–water partition coefficient (Wildman–Crippen LogP) is 3.42. The summed E-state index contributed by atoms with van der Waals surface area (Å²) in [7, 11) is 1.87. The summed E-state index contributed by atoms with van der Waals surface area (Å²) < 4.78 is 0. The highest BCUT2D eigenvalue weighted by Crippen LogP contribution is 2.28. The molecule has 0 saturated carbocycles. The van der Waals surface area contributed by atoms with Crippen LogP contribution < -0.4 is 5.32 Å². The van der Waals surface area contributed by atoms with E-state index in [0.717, 1.165) is 0 Å². The Kier molecular flexibility index (Phi) is 4.71. The first kappa shape index (κ1) is 14.9. The van der Waals surface area contributed by atoms with E-state index in [-0.39, 0.29) is 22.1 Å². The standard InChI is InChI=1S/C13H19ClN2O2/c1-13(2,3)12(15-4)7-9-5-6-10(14)8-11(9)16(17)18/h5-6,8,12,15H,7H2,1-4H3. The van der Waals surface area contributed by atoms with Crippen molar-refractivity contribution in [2.24, 2.45) is 5.41 Å². The molecular formula is C13H19ClN2O2. The number of nitrogens with one attached hydrogen (secondary N) is 1. The van der Waals surface area contributed by atoms with Gasteiger partial charge in [0.2, 0.25) is 0 Å². The first-order chi connectivity index (χ1) is 8.25. The molecule has 1 atom stereocenters. The number of nitro groups is 1. The number of benzene rings is 1. The average molecular weight is 271 g/mol. The van der Waals surface area contributed by atoms with Crippen LogP contribution >= 0.6 is 11.6 Å². The van der Waals surface area contributed by atoms with Crippen LogP contribution in [0.25, 0.3) is 0 Å². The minimum atomic E-state index is -0.378. The van der Waals surface area contributed by atoms with Crippen molar-refractivity contribution >= 4 is 17.3 Å². The van der Waals surface area contributed by atoms with Crippen molar-refractivity contribution < 1.29 is 4.92 Å². The van der Waals surface area contributed by atoms with Crippen LogP contribution in [-0.4, -0.2) is 18.0 Å². The fourth-order valence-corrected chi connectivity index (χ4v) is 2.11. The van der Waals surface area contributed by atoms with Crippen molar-refractivity contribution in [3.05, 3.63) is 38.9 Å².